The largest absolute Gasteiger partial charge is 0.338 e. The summed E-state index contributed by atoms with van der Waals surface area (Å²) < 4.78 is 23.2. The van der Waals surface area contributed by atoms with Crippen LogP contribution < -0.4 is 4.90 Å². The van der Waals surface area contributed by atoms with Crippen molar-refractivity contribution in [2.75, 3.05) is 30.0 Å². The van der Waals surface area contributed by atoms with Crippen molar-refractivity contribution in [1.29, 1.82) is 0 Å². The van der Waals surface area contributed by atoms with Crippen molar-refractivity contribution in [1.82, 2.24) is 4.90 Å². The molecule has 1 aromatic carbocycles. The van der Waals surface area contributed by atoms with Crippen LogP contribution in [0.1, 0.15) is 19.8 Å². The number of para-hydroxylation sites is 1. The monoisotopic (exact) mass is 338 g/mol. The lowest BCUT2D eigenvalue weighted by Crippen LogP contribution is -2.42. The first-order valence-electron chi connectivity index (χ1n) is 7.59. The van der Waals surface area contributed by atoms with Crippen LogP contribution in [0.4, 0.5) is 5.69 Å². The average Bonchev–Trinajstić information content (AvgIpc) is 2.87. The Bertz CT molecular complexity index is 673. The number of amides is 2. The number of sulfone groups is 1. The second kappa shape index (κ2) is 7.12. The molecule has 7 heteroatoms. The van der Waals surface area contributed by atoms with Crippen LogP contribution in [-0.4, -0.2) is 56.3 Å². The fraction of sp³-hybridized carbons (Fsp3) is 0.500. The van der Waals surface area contributed by atoms with Crippen molar-refractivity contribution in [3.05, 3.63) is 30.3 Å². The highest BCUT2D eigenvalue weighted by Crippen LogP contribution is 2.19. The van der Waals surface area contributed by atoms with E-state index in [-0.39, 0.29) is 42.3 Å². The molecule has 1 aliphatic heterocycles. The normalized spacial score (nSPS) is 19.3. The van der Waals surface area contributed by atoms with Gasteiger partial charge in [-0.1, -0.05) is 18.2 Å². The smallest absolute Gasteiger partial charge is 0.228 e. The molecule has 1 aromatic rings. The van der Waals surface area contributed by atoms with Gasteiger partial charge in [-0.3, -0.25) is 9.59 Å². The summed E-state index contributed by atoms with van der Waals surface area (Å²) in [5, 5.41) is 0. The van der Waals surface area contributed by atoms with E-state index in [0.29, 0.717) is 6.42 Å². The predicted octanol–water partition coefficient (Wildman–Crippen LogP) is 1.08. The molecule has 1 fully saturated rings. The molecule has 1 saturated heterocycles. The molecule has 23 heavy (non-hydrogen) atoms. The lowest BCUT2D eigenvalue weighted by Gasteiger charge is -2.27. The lowest BCUT2D eigenvalue weighted by molar-refractivity contribution is -0.131. The third-order valence-electron chi connectivity index (χ3n) is 4.14. The molecule has 1 atom stereocenters. The van der Waals surface area contributed by atoms with Crippen LogP contribution in [0.3, 0.4) is 0 Å². The molecule has 2 rings (SSSR count). The zero-order valence-corrected chi connectivity index (χ0v) is 14.3. The Kier molecular flexibility index (Phi) is 5.41. The molecular formula is C16H22N2O4S. The van der Waals surface area contributed by atoms with E-state index in [4.69, 9.17) is 0 Å². The number of rotatable bonds is 5. The van der Waals surface area contributed by atoms with Crippen molar-refractivity contribution < 1.29 is 18.0 Å². The van der Waals surface area contributed by atoms with Crippen molar-refractivity contribution in [3.8, 4) is 0 Å². The average molecular weight is 338 g/mol. The highest BCUT2D eigenvalue weighted by molar-refractivity contribution is 7.91. The van der Waals surface area contributed by atoms with E-state index >= 15 is 0 Å². The quantitative estimate of drug-likeness (QED) is 0.805. The first-order chi connectivity index (χ1) is 10.8. The van der Waals surface area contributed by atoms with Gasteiger partial charge in [0.15, 0.2) is 9.84 Å². The SMILES string of the molecule is CC(=O)N(CCC(=O)N(C)c1ccccc1)C1CCS(=O)(=O)C1. The third kappa shape index (κ3) is 4.54. The summed E-state index contributed by atoms with van der Waals surface area (Å²) in [6.45, 7) is 1.65. The van der Waals surface area contributed by atoms with Gasteiger partial charge in [0, 0.05) is 38.7 Å². The molecule has 1 heterocycles. The molecule has 0 N–H and O–H groups in total. The number of anilines is 1. The summed E-state index contributed by atoms with van der Waals surface area (Å²) >= 11 is 0. The minimum absolute atomic E-state index is 0.00467. The highest BCUT2D eigenvalue weighted by atomic mass is 32.2. The molecular weight excluding hydrogens is 316 g/mol. The molecule has 0 radical (unpaired) electrons. The van der Waals surface area contributed by atoms with Crippen molar-refractivity contribution in [2.45, 2.75) is 25.8 Å². The summed E-state index contributed by atoms with van der Waals surface area (Å²) in [6, 6.07) is 8.94. The summed E-state index contributed by atoms with van der Waals surface area (Å²) in [4.78, 5) is 27.1. The Morgan fingerprint density at radius 1 is 1.22 bits per heavy atom. The highest BCUT2D eigenvalue weighted by Gasteiger charge is 2.33. The predicted molar refractivity (Wildman–Crippen MR) is 88.9 cm³/mol. The van der Waals surface area contributed by atoms with Crippen LogP contribution in [0, 0.1) is 0 Å². The minimum Gasteiger partial charge on any atom is -0.338 e. The van der Waals surface area contributed by atoms with Gasteiger partial charge in [0.2, 0.25) is 11.8 Å². The zero-order chi connectivity index (χ0) is 17.0. The number of carbonyl (C=O) groups excluding carboxylic acids is 2. The molecule has 1 unspecified atom stereocenters. The van der Waals surface area contributed by atoms with Crippen molar-refractivity contribution >= 4 is 27.3 Å². The third-order valence-corrected chi connectivity index (χ3v) is 5.89. The maximum atomic E-state index is 12.3. The summed E-state index contributed by atoms with van der Waals surface area (Å²) in [5.74, 6) is -0.195. The van der Waals surface area contributed by atoms with Crippen molar-refractivity contribution in [3.63, 3.8) is 0 Å². The number of hydrogen-bond acceptors (Lipinski definition) is 4. The number of carbonyl (C=O) groups is 2. The zero-order valence-electron chi connectivity index (χ0n) is 13.4. The van der Waals surface area contributed by atoms with Gasteiger partial charge in [-0.2, -0.15) is 0 Å². The van der Waals surface area contributed by atoms with Crippen LogP contribution in [0.25, 0.3) is 0 Å². The topological polar surface area (TPSA) is 74.8 Å². The summed E-state index contributed by atoms with van der Waals surface area (Å²) in [5.41, 5.74) is 0.787. The minimum atomic E-state index is -3.06. The van der Waals surface area contributed by atoms with Crippen LogP contribution in [0.2, 0.25) is 0 Å². The van der Waals surface area contributed by atoms with E-state index in [9.17, 15) is 18.0 Å². The molecule has 2 amide bonds. The molecule has 0 aromatic heterocycles. The second-order valence-corrected chi connectivity index (χ2v) is 8.04. The van der Waals surface area contributed by atoms with Gasteiger partial charge < -0.3 is 9.80 Å². The Labute approximate surface area is 137 Å². The van der Waals surface area contributed by atoms with Crippen LogP contribution >= 0.6 is 0 Å². The maximum Gasteiger partial charge on any atom is 0.228 e. The van der Waals surface area contributed by atoms with Gasteiger partial charge in [0.25, 0.3) is 0 Å². The first-order valence-corrected chi connectivity index (χ1v) is 9.41. The van der Waals surface area contributed by atoms with Gasteiger partial charge in [0.1, 0.15) is 0 Å². The molecule has 0 aliphatic carbocycles. The standard InChI is InChI=1S/C16H22N2O4S/c1-13(19)18(15-9-11-23(21,22)12-15)10-8-16(20)17(2)14-6-4-3-5-7-14/h3-7,15H,8-12H2,1-2H3. The van der Waals surface area contributed by atoms with Crippen LogP contribution in [0.5, 0.6) is 0 Å². The molecule has 126 valence electrons. The van der Waals surface area contributed by atoms with E-state index in [0.717, 1.165) is 5.69 Å². The lowest BCUT2D eigenvalue weighted by atomic mass is 10.2. The maximum absolute atomic E-state index is 12.3. The first kappa shape index (κ1) is 17.5. The number of hydrogen-bond donors (Lipinski definition) is 0. The molecule has 1 aliphatic rings. The van der Waals surface area contributed by atoms with E-state index < -0.39 is 9.84 Å². The Morgan fingerprint density at radius 2 is 1.87 bits per heavy atom. The van der Waals surface area contributed by atoms with Crippen LogP contribution in [-0.2, 0) is 19.4 Å². The van der Waals surface area contributed by atoms with Gasteiger partial charge in [-0.05, 0) is 18.6 Å². The molecule has 0 saturated carbocycles. The van der Waals surface area contributed by atoms with E-state index in [1.54, 1.807) is 11.9 Å². The Morgan fingerprint density at radius 3 is 2.39 bits per heavy atom. The van der Waals surface area contributed by atoms with Crippen LogP contribution in [0.15, 0.2) is 30.3 Å². The van der Waals surface area contributed by atoms with Gasteiger partial charge in [0.05, 0.1) is 11.5 Å². The van der Waals surface area contributed by atoms with Gasteiger partial charge in [-0.15, -0.1) is 0 Å². The summed E-state index contributed by atoms with van der Waals surface area (Å²) in [7, 11) is -1.37. The second-order valence-electron chi connectivity index (χ2n) is 5.81. The number of benzene rings is 1. The fourth-order valence-corrected chi connectivity index (χ4v) is 4.53. The Balaban J connectivity index is 1.96. The fourth-order valence-electron chi connectivity index (χ4n) is 2.80. The molecule has 6 nitrogen and oxygen atoms in total. The molecule has 0 bridgehead atoms. The molecule has 0 spiro atoms. The van der Waals surface area contributed by atoms with Gasteiger partial charge >= 0.3 is 0 Å². The van der Waals surface area contributed by atoms with Gasteiger partial charge in [-0.25, -0.2) is 8.42 Å². The van der Waals surface area contributed by atoms with Crippen molar-refractivity contribution in [2.24, 2.45) is 0 Å². The van der Waals surface area contributed by atoms with E-state index in [2.05, 4.69) is 0 Å². The van der Waals surface area contributed by atoms with E-state index in [1.165, 1.54) is 11.8 Å². The Hall–Kier alpha value is -1.89. The van der Waals surface area contributed by atoms with E-state index in [1.807, 2.05) is 30.3 Å². The summed E-state index contributed by atoms with van der Waals surface area (Å²) in [6.07, 6.45) is 0.617. The number of nitrogens with zero attached hydrogens (tertiary/aromatic N) is 2.